The van der Waals surface area contributed by atoms with Crippen LogP contribution in [0, 0.1) is 0 Å². The number of hydrogen-bond acceptors (Lipinski definition) is 6. The quantitative estimate of drug-likeness (QED) is 0.842. The number of nitrogens with zero attached hydrogens (tertiary/aromatic N) is 2. The van der Waals surface area contributed by atoms with Crippen LogP contribution >= 0.6 is 23.3 Å². The first-order chi connectivity index (χ1) is 9.61. The van der Waals surface area contributed by atoms with Crippen molar-refractivity contribution in [3.63, 3.8) is 0 Å². The van der Waals surface area contributed by atoms with Gasteiger partial charge in [0.1, 0.15) is 17.6 Å². The molecule has 0 atom stereocenters. The van der Waals surface area contributed by atoms with Gasteiger partial charge in [-0.05, 0) is 19.1 Å². The van der Waals surface area contributed by atoms with Crippen molar-refractivity contribution in [2.24, 2.45) is 0 Å². The first-order valence-electron chi connectivity index (χ1n) is 5.73. The highest BCUT2D eigenvalue weighted by molar-refractivity contribution is 7.00. The average molecular weight is 315 g/mol. The lowest BCUT2D eigenvalue weighted by Crippen LogP contribution is -2.34. The van der Waals surface area contributed by atoms with Crippen LogP contribution in [0.1, 0.15) is 6.92 Å². The van der Waals surface area contributed by atoms with E-state index >= 15 is 0 Å². The van der Waals surface area contributed by atoms with Crippen LogP contribution in [0.4, 0.5) is 10.5 Å². The lowest BCUT2D eigenvalue weighted by atomic mass is 10.2. The fraction of sp³-hybridized carbons (Fsp3) is 0.273. The van der Waals surface area contributed by atoms with E-state index in [4.69, 9.17) is 16.3 Å². The summed E-state index contributed by atoms with van der Waals surface area (Å²) in [5.74, 6) is -0.512. The van der Waals surface area contributed by atoms with Crippen molar-refractivity contribution in [3.8, 4) is 0 Å². The van der Waals surface area contributed by atoms with Crippen molar-refractivity contribution in [1.29, 1.82) is 0 Å². The van der Waals surface area contributed by atoms with Crippen molar-refractivity contribution in [3.05, 3.63) is 17.2 Å². The lowest BCUT2D eigenvalue weighted by molar-refractivity contribution is -0.141. The normalized spacial score (nSPS) is 10.3. The van der Waals surface area contributed by atoms with Crippen LogP contribution in [0.5, 0.6) is 0 Å². The number of carbonyl (C=O) groups excluding carboxylic acids is 2. The first-order valence-corrected chi connectivity index (χ1v) is 6.84. The summed E-state index contributed by atoms with van der Waals surface area (Å²) < 4.78 is 12.8. The van der Waals surface area contributed by atoms with Gasteiger partial charge in [-0.2, -0.15) is 8.75 Å². The SMILES string of the molecule is CCOC(=O)CNC(=O)Nc1c(Cl)ccc2nsnc12. The predicted octanol–water partition coefficient (Wildman–Crippen LogP) is 2.03. The van der Waals surface area contributed by atoms with E-state index < -0.39 is 12.0 Å². The van der Waals surface area contributed by atoms with Gasteiger partial charge in [0.15, 0.2) is 0 Å². The van der Waals surface area contributed by atoms with Gasteiger partial charge in [0, 0.05) is 0 Å². The standard InChI is InChI=1S/C11H11ClN4O3S/c1-2-19-8(17)5-13-11(18)14-9-6(12)3-4-7-10(9)16-20-15-7/h3-4H,2,5H2,1H3,(H2,13,14,18). The third-order valence-corrected chi connectivity index (χ3v) is 3.17. The summed E-state index contributed by atoms with van der Waals surface area (Å²) in [4.78, 5) is 22.8. The topological polar surface area (TPSA) is 93.2 Å². The first kappa shape index (κ1) is 14.5. The highest BCUT2D eigenvalue weighted by atomic mass is 35.5. The number of hydrogen-bond donors (Lipinski definition) is 2. The molecular formula is C11H11ClN4O3S. The fourth-order valence-corrected chi connectivity index (χ4v) is 2.21. The van der Waals surface area contributed by atoms with Crippen LogP contribution in [0.3, 0.4) is 0 Å². The van der Waals surface area contributed by atoms with Crippen molar-refractivity contribution in [2.45, 2.75) is 6.92 Å². The van der Waals surface area contributed by atoms with Crippen LogP contribution in [-0.2, 0) is 9.53 Å². The number of rotatable bonds is 4. The number of halogens is 1. The van der Waals surface area contributed by atoms with Gasteiger partial charge in [-0.25, -0.2) is 4.79 Å². The maximum absolute atomic E-state index is 11.7. The Morgan fingerprint density at radius 2 is 2.20 bits per heavy atom. The monoisotopic (exact) mass is 314 g/mol. The molecule has 2 N–H and O–H groups in total. The van der Waals surface area contributed by atoms with E-state index in [1.54, 1.807) is 19.1 Å². The highest BCUT2D eigenvalue weighted by Gasteiger charge is 2.13. The number of ether oxygens (including phenoxy) is 1. The molecule has 0 fully saturated rings. The Morgan fingerprint density at radius 1 is 1.40 bits per heavy atom. The molecular weight excluding hydrogens is 304 g/mol. The summed E-state index contributed by atoms with van der Waals surface area (Å²) in [6.45, 7) is 1.73. The molecule has 20 heavy (non-hydrogen) atoms. The number of carbonyl (C=O) groups is 2. The molecule has 0 spiro atoms. The zero-order valence-electron chi connectivity index (χ0n) is 10.5. The van der Waals surface area contributed by atoms with Gasteiger partial charge in [0.05, 0.1) is 29.0 Å². The molecule has 0 aliphatic rings. The minimum Gasteiger partial charge on any atom is -0.465 e. The molecule has 2 amide bonds. The van der Waals surface area contributed by atoms with Crippen LogP contribution < -0.4 is 10.6 Å². The van der Waals surface area contributed by atoms with Crippen molar-refractivity contribution >= 4 is 52.1 Å². The van der Waals surface area contributed by atoms with Gasteiger partial charge in [-0.1, -0.05) is 11.6 Å². The second kappa shape index (κ2) is 6.49. The molecule has 0 unspecified atom stereocenters. The molecule has 2 aromatic rings. The summed E-state index contributed by atoms with van der Waals surface area (Å²) in [6.07, 6.45) is 0. The number of nitrogens with one attached hydrogen (secondary N) is 2. The van der Waals surface area contributed by atoms with E-state index in [1.807, 2.05) is 0 Å². The molecule has 0 bridgehead atoms. The Labute approximate surface area is 123 Å². The third kappa shape index (κ3) is 3.34. The van der Waals surface area contributed by atoms with Crippen LogP contribution in [-0.4, -0.2) is 33.9 Å². The van der Waals surface area contributed by atoms with E-state index in [0.29, 0.717) is 21.7 Å². The predicted molar refractivity (Wildman–Crippen MR) is 76.1 cm³/mol. The van der Waals surface area contributed by atoms with Crippen LogP contribution in [0.15, 0.2) is 12.1 Å². The van der Waals surface area contributed by atoms with Crippen molar-refractivity contribution < 1.29 is 14.3 Å². The molecule has 106 valence electrons. The molecule has 0 aliphatic carbocycles. The van der Waals surface area contributed by atoms with Gasteiger partial charge >= 0.3 is 12.0 Å². The molecule has 1 aromatic carbocycles. The Bertz CT molecular complexity index is 646. The van der Waals surface area contributed by atoms with E-state index in [-0.39, 0.29) is 13.2 Å². The zero-order chi connectivity index (χ0) is 14.5. The molecule has 7 nitrogen and oxygen atoms in total. The number of aromatic nitrogens is 2. The Balaban J connectivity index is 2.04. The average Bonchev–Trinajstić information content (AvgIpc) is 2.89. The Morgan fingerprint density at radius 3 is 2.95 bits per heavy atom. The Hall–Kier alpha value is -1.93. The van der Waals surface area contributed by atoms with Gasteiger partial charge < -0.3 is 15.4 Å². The van der Waals surface area contributed by atoms with Crippen LogP contribution in [0.25, 0.3) is 11.0 Å². The minimum absolute atomic E-state index is 0.220. The number of anilines is 1. The molecule has 2 rings (SSSR count). The molecule has 0 saturated carbocycles. The molecule has 9 heteroatoms. The van der Waals surface area contributed by atoms with Gasteiger partial charge in [0.2, 0.25) is 0 Å². The van der Waals surface area contributed by atoms with E-state index in [0.717, 1.165) is 11.7 Å². The number of fused-ring (bicyclic) bond motifs is 1. The van der Waals surface area contributed by atoms with E-state index in [1.165, 1.54) is 0 Å². The third-order valence-electron chi connectivity index (χ3n) is 2.31. The van der Waals surface area contributed by atoms with Crippen LogP contribution in [0.2, 0.25) is 5.02 Å². The molecule has 0 aliphatic heterocycles. The van der Waals surface area contributed by atoms with E-state index in [9.17, 15) is 9.59 Å². The maximum Gasteiger partial charge on any atom is 0.325 e. The second-order valence-electron chi connectivity index (χ2n) is 3.67. The van der Waals surface area contributed by atoms with Gasteiger partial charge in [0.25, 0.3) is 0 Å². The molecule has 1 aromatic heterocycles. The van der Waals surface area contributed by atoms with Gasteiger partial charge in [-0.3, -0.25) is 4.79 Å². The zero-order valence-corrected chi connectivity index (χ0v) is 12.0. The second-order valence-corrected chi connectivity index (χ2v) is 4.60. The number of amides is 2. The number of benzene rings is 1. The highest BCUT2D eigenvalue weighted by Crippen LogP contribution is 2.29. The molecule has 1 heterocycles. The summed E-state index contributed by atoms with van der Waals surface area (Å²) in [5.41, 5.74) is 1.51. The summed E-state index contributed by atoms with van der Waals surface area (Å²) in [7, 11) is 0. The van der Waals surface area contributed by atoms with Gasteiger partial charge in [-0.15, -0.1) is 0 Å². The fourth-order valence-electron chi connectivity index (χ4n) is 1.47. The summed E-state index contributed by atoms with van der Waals surface area (Å²) in [5, 5.41) is 5.27. The molecule has 0 radical (unpaired) electrons. The lowest BCUT2D eigenvalue weighted by Gasteiger charge is -2.08. The molecule has 0 saturated heterocycles. The van der Waals surface area contributed by atoms with E-state index in [2.05, 4.69) is 19.4 Å². The van der Waals surface area contributed by atoms with Crippen molar-refractivity contribution in [2.75, 3.05) is 18.5 Å². The summed E-state index contributed by atoms with van der Waals surface area (Å²) in [6, 6.07) is 2.76. The summed E-state index contributed by atoms with van der Waals surface area (Å²) >= 11 is 7.04. The largest absolute Gasteiger partial charge is 0.465 e. The van der Waals surface area contributed by atoms with Crippen molar-refractivity contribution in [1.82, 2.24) is 14.1 Å². The Kier molecular flexibility index (Phi) is 4.70. The maximum atomic E-state index is 11.7. The number of urea groups is 1. The minimum atomic E-state index is -0.569. The number of esters is 1. The smallest absolute Gasteiger partial charge is 0.325 e.